The molecule has 13 heteroatoms. The summed E-state index contributed by atoms with van der Waals surface area (Å²) in [4.78, 5) is 12.6. The SMILES string of the molecule is CS(=O)(=O)N(CC(=O)NCc1ccc2c(c1)OCO2)c1ccc(S(=O)(=O)N2CCOCC2)cc1. The Balaban J connectivity index is 1.44. The highest BCUT2D eigenvalue weighted by atomic mass is 32.2. The van der Waals surface area contributed by atoms with E-state index >= 15 is 0 Å². The first-order valence-corrected chi connectivity index (χ1v) is 13.7. The molecule has 1 fully saturated rings. The zero-order valence-electron chi connectivity index (χ0n) is 18.5. The van der Waals surface area contributed by atoms with Crippen LogP contribution in [0.4, 0.5) is 5.69 Å². The number of anilines is 1. The van der Waals surface area contributed by atoms with Gasteiger partial charge in [-0.3, -0.25) is 9.10 Å². The molecule has 2 heterocycles. The minimum absolute atomic E-state index is 0.0406. The topological polar surface area (TPSA) is 132 Å². The fourth-order valence-electron chi connectivity index (χ4n) is 3.56. The molecular weight excluding hydrogens is 486 g/mol. The van der Waals surface area contributed by atoms with Gasteiger partial charge in [0.2, 0.25) is 32.7 Å². The van der Waals surface area contributed by atoms with Gasteiger partial charge in [0.15, 0.2) is 11.5 Å². The molecule has 0 unspecified atom stereocenters. The second-order valence-corrected chi connectivity index (χ2v) is 11.6. The summed E-state index contributed by atoms with van der Waals surface area (Å²) in [5.74, 6) is 0.683. The van der Waals surface area contributed by atoms with Crippen LogP contribution in [0.1, 0.15) is 5.56 Å². The van der Waals surface area contributed by atoms with Crippen LogP contribution < -0.4 is 19.1 Å². The molecule has 0 aromatic heterocycles. The van der Waals surface area contributed by atoms with Gasteiger partial charge < -0.3 is 19.5 Å². The molecule has 1 N–H and O–H groups in total. The second-order valence-electron chi connectivity index (χ2n) is 7.74. The van der Waals surface area contributed by atoms with E-state index in [1.807, 2.05) is 0 Å². The summed E-state index contributed by atoms with van der Waals surface area (Å²) in [5.41, 5.74) is 0.947. The predicted octanol–water partition coefficient (Wildman–Crippen LogP) is 0.519. The van der Waals surface area contributed by atoms with Gasteiger partial charge in [-0.1, -0.05) is 6.07 Å². The summed E-state index contributed by atoms with van der Waals surface area (Å²) >= 11 is 0. The molecule has 2 aliphatic heterocycles. The Morgan fingerprint density at radius 1 is 1.00 bits per heavy atom. The average Bonchev–Trinajstić information content (AvgIpc) is 3.29. The van der Waals surface area contributed by atoms with Crippen LogP contribution in [0.2, 0.25) is 0 Å². The van der Waals surface area contributed by atoms with Gasteiger partial charge in [-0.2, -0.15) is 4.31 Å². The van der Waals surface area contributed by atoms with Gasteiger partial charge in [0.1, 0.15) is 6.54 Å². The van der Waals surface area contributed by atoms with Gasteiger partial charge in [-0.25, -0.2) is 16.8 Å². The molecule has 0 aliphatic carbocycles. The number of nitrogens with zero attached hydrogens (tertiary/aromatic N) is 2. The molecule has 1 saturated heterocycles. The highest BCUT2D eigenvalue weighted by molar-refractivity contribution is 7.92. The number of benzene rings is 2. The van der Waals surface area contributed by atoms with Crippen molar-refractivity contribution >= 4 is 31.6 Å². The van der Waals surface area contributed by atoms with Gasteiger partial charge in [-0.05, 0) is 42.0 Å². The summed E-state index contributed by atoms with van der Waals surface area (Å²) in [6.45, 7) is 0.997. The molecule has 34 heavy (non-hydrogen) atoms. The summed E-state index contributed by atoms with van der Waals surface area (Å²) in [5, 5.41) is 2.69. The van der Waals surface area contributed by atoms with Crippen LogP contribution in [0.15, 0.2) is 47.4 Å². The van der Waals surface area contributed by atoms with E-state index in [9.17, 15) is 21.6 Å². The van der Waals surface area contributed by atoms with Gasteiger partial charge >= 0.3 is 0 Å². The smallest absolute Gasteiger partial charge is 0.243 e. The first kappa shape index (κ1) is 24.3. The van der Waals surface area contributed by atoms with E-state index in [0.717, 1.165) is 16.1 Å². The lowest BCUT2D eigenvalue weighted by Gasteiger charge is -2.26. The first-order valence-electron chi connectivity index (χ1n) is 10.5. The third kappa shape index (κ3) is 5.43. The van der Waals surface area contributed by atoms with E-state index in [0.29, 0.717) is 24.7 Å². The third-order valence-electron chi connectivity index (χ3n) is 5.35. The standard InChI is InChI=1S/C21H25N3O8S2/c1-33(26,27)24(14-21(25)22-13-16-2-7-19-20(12-16)32-15-31-19)17-3-5-18(6-4-17)34(28,29)23-8-10-30-11-9-23/h2-7,12H,8-11,13-15H2,1H3,(H,22,25). The van der Waals surface area contributed by atoms with Crippen molar-refractivity contribution in [1.82, 2.24) is 9.62 Å². The molecule has 1 amide bonds. The van der Waals surface area contributed by atoms with E-state index in [2.05, 4.69) is 5.32 Å². The van der Waals surface area contributed by atoms with Crippen molar-refractivity contribution in [2.24, 2.45) is 0 Å². The van der Waals surface area contributed by atoms with E-state index in [1.165, 1.54) is 28.6 Å². The Hall–Kier alpha value is -2.87. The van der Waals surface area contributed by atoms with Gasteiger partial charge in [-0.15, -0.1) is 0 Å². The third-order valence-corrected chi connectivity index (χ3v) is 8.40. The maximum Gasteiger partial charge on any atom is 0.243 e. The quantitative estimate of drug-likeness (QED) is 0.543. The monoisotopic (exact) mass is 511 g/mol. The fourth-order valence-corrected chi connectivity index (χ4v) is 5.82. The summed E-state index contributed by atoms with van der Waals surface area (Å²) < 4.78 is 68.3. The molecule has 2 aliphatic rings. The Morgan fingerprint density at radius 2 is 1.68 bits per heavy atom. The number of carbonyl (C=O) groups excluding carboxylic acids is 1. The van der Waals surface area contributed by atoms with E-state index in [-0.39, 0.29) is 37.0 Å². The molecule has 0 spiro atoms. The van der Waals surface area contributed by atoms with Gasteiger partial charge in [0.05, 0.1) is 30.1 Å². The molecule has 184 valence electrons. The van der Waals surface area contributed by atoms with Crippen LogP contribution in [0, 0.1) is 0 Å². The number of sulfonamides is 2. The van der Waals surface area contributed by atoms with E-state index in [4.69, 9.17) is 14.2 Å². The maximum absolute atomic E-state index is 12.8. The maximum atomic E-state index is 12.8. The minimum atomic E-state index is -3.81. The summed E-state index contributed by atoms with van der Waals surface area (Å²) in [6, 6.07) is 10.7. The fraction of sp³-hybridized carbons (Fsp3) is 0.381. The van der Waals surface area contributed by atoms with E-state index in [1.54, 1.807) is 18.2 Å². The summed E-state index contributed by atoms with van der Waals surface area (Å²) in [6.07, 6.45) is 0.983. The number of hydrogen-bond acceptors (Lipinski definition) is 8. The first-order chi connectivity index (χ1) is 16.1. The zero-order chi connectivity index (χ0) is 24.3. The summed E-state index contributed by atoms with van der Waals surface area (Å²) in [7, 11) is -7.53. The molecular formula is C21H25N3O8S2. The number of amides is 1. The highest BCUT2D eigenvalue weighted by Gasteiger charge is 2.27. The van der Waals surface area contributed by atoms with E-state index < -0.39 is 32.5 Å². The molecule has 0 atom stereocenters. The molecule has 4 rings (SSSR count). The zero-order valence-corrected chi connectivity index (χ0v) is 20.1. The molecule has 0 bridgehead atoms. The average molecular weight is 512 g/mol. The number of rotatable bonds is 8. The van der Waals surface area contributed by atoms with Crippen molar-refractivity contribution in [3.63, 3.8) is 0 Å². The van der Waals surface area contributed by atoms with Crippen molar-refractivity contribution in [2.45, 2.75) is 11.4 Å². The minimum Gasteiger partial charge on any atom is -0.454 e. The highest BCUT2D eigenvalue weighted by Crippen LogP contribution is 2.32. The largest absolute Gasteiger partial charge is 0.454 e. The predicted molar refractivity (Wildman–Crippen MR) is 123 cm³/mol. The normalized spacial score (nSPS) is 16.3. The lowest BCUT2D eigenvalue weighted by Crippen LogP contribution is -2.41. The van der Waals surface area contributed by atoms with Crippen molar-refractivity contribution < 1.29 is 35.8 Å². The number of hydrogen-bond donors (Lipinski definition) is 1. The lowest BCUT2D eigenvalue weighted by atomic mass is 10.2. The Labute approximate surface area is 198 Å². The number of fused-ring (bicyclic) bond motifs is 1. The molecule has 2 aromatic carbocycles. The van der Waals surface area contributed by atoms with Crippen LogP contribution in [0.25, 0.3) is 0 Å². The Bertz CT molecular complexity index is 1260. The van der Waals surface area contributed by atoms with Crippen LogP contribution >= 0.6 is 0 Å². The Morgan fingerprint density at radius 3 is 2.35 bits per heavy atom. The van der Waals surface area contributed by atoms with Gasteiger partial charge in [0, 0.05) is 19.6 Å². The number of ether oxygens (including phenoxy) is 3. The molecule has 0 radical (unpaired) electrons. The van der Waals surface area contributed by atoms with Crippen LogP contribution in [0.5, 0.6) is 11.5 Å². The van der Waals surface area contributed by atoms with Crippen LogP contribution in [-0.2, 0) is 36.1 Å². The Kier molecular flexibility index (Phi) is 6.98. The van der Waals surface area contributed by atoms with Crippen LogP contribution in [-0.4, -0.2) is 72.9 Å². The number of carbonyl (C=O) groups is 1. The van der Waals surface area contributed by atoms with Crippen molar-refractivity contribution in [2.75, 3.05) is 50.2 Å². The van der Waals surface area contributed by atoms with Crippen LogP contribution in [0.3, 0.4) is 0 Å². The molecule has 2 aromatic rings. The lowest BCUT2D eigenvalue weighted by molar-refractivity contribution is -0.119. The molecule has 11 nitrogen and oxygen atoms in total. The van der Waals surface area contributed by atoms with Crippen molar-refractivity contribution in [3.8, 4) is 11.5 Å². The number of morpholine rings is 1. The molecule has 0 saturated carbocycles. The second kappa shape index (κ2) is 9.78. The van der Waals surface area contributed by atoms with Crippen molar-refractivity contribution in [3.05, 3.63) is 48.0 Å². The van der Waals surface area contributed by atoms with Gasteiger partial charge in [0.25, 0.3) is 0 Å². The van der Waals surface area contributed by atoms with Crippen molar-refractivity contribution in [1.29, 1.82) is 0 Å². The number of nitrogens with one attached hydrogen (secondary N) is 1.